The molecule has 0 aliphatic heterocycles. The van der Waals surface area contributed by atoms with Crippen molar-refractivity contribution < 1.29 is 9.15 Å². The smallest absolute Gasteiger partial charge is 0.278 e. The third-order valence-corrected chi connectivity index (χ3v) is 3.03. The zero-order valence-corrected chi connectivity index (χ0v) is 10.8. The molecule has 2 rings (SSSR count). The van der Waals surface area contributed by atoms with Gasteiger partial charge in [-0.25, -0.2) is 0 Å². The van der Waals surface area contributed by atoms with Crippen molar-refractivity contribution in [2.24, 2.45) is 0 Å². The van der Waals surface area contributed by atoms with Gasteiger partial charge in [0.2, 0.25) is 0 Å². The molecule has 1 unspecified atom stereocenters. The van der Waals surface area contributed by atoms with Crippen LogP contribution in [0.5, 0.6) is 5.75 Å². The van der Waals surface area contributed by atoms with Gasteiger partial charge in [0.05, 0.1) is 24.0 Å². The highest BCUT2D eigenvalue weighted by Gasteiger charge is 2.14. The minimum atomic E-state index is -0.226. The van der Waals surface area contributed by atoms with Crippen molar-refractivity contribution in [2.45, 2.75) is 17.4 Å². The molecule has 0 amide bonds. The molecule has 92 valence electrons. The Morgan fingerprint density at radius 3 is 2.89 bits per heavy atom. The normalized spacial score (nSPS) is 11.8. The van der Waals surface area contributed by atoms with E-state index in [1.807, 2.05) is 24.3 Å². The molecular formula is C12H11N3O2S. The lowest BCUT2D eigenvalue weighted by atomic mass is 10.2. The summed E-state index contributed by atoms with van der Waals surface area (Å²) in [4.78, 5) is 0. The Balaban J connectivity index is 2.27. The number of rotatable bonds is 4. The molecule has 0 saturated carbocycles. The minimum absolute atomic E-state index is 0.226. The number of ether oxygens (including phenoxy) is 1. The van der Waals surface area contributed by atoms with Crippen molar-refractivity contribution in [1.82, 2.24) is 10.2 Å². The molecule has 0 aliphatic rings. The van der Waals surface area contributed by atoms with Crippen molar-refractivity contribution in [2.75, 3.05) is 7.11 Å². The zero-order valence-electron chi connectivity index (χ0n) is 9.95. The van der Waals surface area contributed by atoms with Gasteiger partial charge in [-0.2, -0.15) is 5.26 Å². The van der Waals surface area contributed by atoms with E-state index in [0.717, 1.165) is 5.56 Å². The number of aromatic nitrogens is 2. The molecule has 6 heteroatoms. The van der Waals surface area contributed by atoms with Crippen molar-refractivity contribution in [3.63, 3.8) is 0 Å². The van der Waals surface area contributed by atoms with Crippen molar-refractivity contribution in [3.8, 4) is 23.3 Å². The van der Waals surface area contributed by atoms with Crippen LogP contribution in [0.2, 0.25) is 0 Å². The summed E-state index contributed by atoms with van der Waals surface area (Å²) in [5.41, 5.74) is 0.740. The fourth-order valence-corrected chi connectivity index (χ4v) is 1.94. The fourth-order valence-electron chi connectivity index (χ4n) is 1.37. The number of para-hydroxylation sites is 1. The first-order chi connectivity index (χ1) is 8.74. The van der Waals surface area contributed by atoms with Gasteiger partial charge >= 0.3 is 0 Å². The van der Waals surface area contributed by atoms with Crippen LogP contribution in [0.15, 0.2) is 33.9 Å². The summed E-state index contributed by atoms with van der Waals surface area (Å²) >= 11 is 1.23. The second kappa shape index (κ2) is 5.56. The van der Waals surface area contributed by atoms with Crippen LogP contribution in [0.25, 0.3) is 11.5 Å². The molecular weight excluding hydrogens is 250 g/mol. The van der Waals surface area contributed by atoms with Crippen molar-refractivity contribution in [1.29, 1.82) is 5.26 Å². The molecule has 0 spiro atoms. The maximum Gasteiger partial charge on any atom is 0.278 e. The number of nitriles is 1. The van der Waals surface area contributed by atoms with Crippen LogP contribution in [0.1, 0.15) is 6.92 Å². The van der Waals surface area contributed by atoms with E-state index in [1.165, 1.54) is 11.8 Å². The zero-order chi connectivity index (χ0) is 13.0. The van der Waals surface area contributed by atoms with E-state index in [-0.39, 0.29) is 5.25 Å². The number of thioether (sulfide) groups is 1. The van der Waals surface area contributed by atoms with E-state index in [2.05, 4.69) is 16.3 Å². The molecule has 1 aromatic heterocycles. The summed E-state index contributed by atoms with van der Waals surface area (Å²) in [5.74, 6) is 1.06. The number of methoxy groups -OCH3 is 1. The number of benzene rings is 1. The highest BCUT2D eigenvalue weighted by molar-refractivity contribution is 7.99. The molecule has 0 aliphatic carbocycles. The quantitative estimate of drug-likeness (QED) is 0.788. The van der Waals surface area contributed by atoms with Gasteiger partial charge in [0.15, 0.2) is 0 Å². The fraction of sp³-hybridized carbons (Fsp3) is 0.250. The van der Waals surface area contributed by atoms with Gasteiger partial charge in [-0.15, -0.1) is 10.2 Å². The lowest BCUT2D eigenvalue weighted by Crippen LogP contribution is -1.88. The summed E-state index contributed by atoms with van der Waals surface area (Å²) < 4.78 is 10.7. The Morgan fingerprint density at radius 2 is 2.17 bits per heavy atom. The Hall–Kier alpha value is -2.00. The second-order valence-corrected chi connectivity index (χ2v) is 4.75. The van der Waals surface area contributed by atoms with E-state index in [1.54, 1.807) is 14.0 Å². The summed E-state index contributed by atoms with van der Waals surface area (Å²) in [5, 5.41) is 16.7. The van der Waals surface area contributed by atoms with E-state index in [4.69, 9.17) is 14.4 Å². The molecule has 1 aromatic carbocycles. The van der Waals surface area contributed by atoms with E-state index >= 15 is 0 Å². The lowest BCUT2D eigenvalue weighted by Gasteiger charge is -2.03. The molecule has 1 atom stereocenters. The van der Waals surface area contributed by atoms with Crippen LogP contribution in [0.4, 0.5) is 0 Å². The predicted molar refractivity (Wildman–Crippen MR) is 67.2 cm³/mol. The monoisotopic (exact) mass is 261 g/mol. The maximum absolute atomic E-state index is 8.72. The molecule has 0 N–H and O–H groups in total. The Bertz CT molecular complexity index is 577. The van der Waals surface area contributed by atoms with Crippen LogP contribution in [-0.2, 0) is 0 Å². The highest BCUT2D eigenvalue weighted by Crippen LogP contribution is 2.31. The van der Waals surface area contributed by atoms with Crippen LogP contribution < -0.4 is 4.74 Å². The van der Waals surface area contributed by atoms with Crippen LogP contribution in [0.3, 0.4) is 0 Å². The molecule has 5 nitrogen and oxygen atoms in total. The van der Waals surface area contributed by atoms with Gasteiger partial charge in [0.25, 0.3) is 11.1 Å². The van der Waals surface area contributed by atoms with Gasteiger partial charge in [0.1, 0.15) is 5.75 Å². The topological polar surface area (TPSA) is 71.9 Å². The number of nitrogens with zero attached hydrogens (tertiary/aromatic N) is 3. The minimum Gasteiger partial charge on any atom is -0.496 e. The molecule has 0 bridgehead atoms. The van der Waals surface area contributed by atoms with Crippen molar-refractivity contribution >= 4 is 11.8 Å². The molecule has 18 heavy (non-hydrogen) atoms. The Morgan fingerprint density at radius 1 is 1.39 bits per heavy atom. The van der Waals surface area contributed by atoms with Gasteiger partial charge in [-0.1, -0.05) is 12.1 Å². The SMILES string of the molecule is COc1ccccc1-c1nnc(SC(C)C#N)o1. The first kappa shape index (κ1) is 12.5. The first-order valence-corrected chi connectivity index (χ1v) is 6.15. The first-order valence-electron chi connectivity index (χ1n) is 5.27. The third kappa shape index (κ3) is 2.63. The van der Waals surface area contributed by atoms with Crippen LogP contribution >= 0.6 is 11.8 Å². The van der Waals surface area contributed by atoms with Gasteiger partial charge in [-0.05, 0) is 30.8 Å². The summed E-state index contributed by atoms with van der Waals surface area (Å²) in [6.07, 6.45) is 0. The van der Waals surface area contributed by atoms with E-state index in [9.17, 15) is 0 Å². The van der Waals surface area contributed by atoms with Crippen molar-refractivity contribution in [3.05, 3.63) is 24.3 Å². The summed E-state index contributed by atoms with van der Waals surface area (Å²) in [6, 6.07) is 9.50. The molecule has 0 fully saturated rings. The molecule has 2 aromatic rings. The largest absolute Gasteiger partial charge is 0.496 e. The Labute approximate surface area is 109 Å². The van der Waals surface area contributed by atoms with Gasteiger partial charge in [0, 0.05) is 0 Å². The van der Waals surface area contributed by atoms with Crippen LogP contribution in [-0.4, -0.2) is 22.6 Å². The Kier molecular flexibility index (Phi) is 3.85. The van der Waals surface area contributed by atoms with E-state index < -0.39 is 0 Å². The lowest BCUT2D eigenvalue weighted by molar-refractivity contribution is 0.411. The van der Waals surface area contributed by atoms with Crippen LogP contribution in [0, 0.1) is 11.3 Å². The summed E-state index contributed by atoms with van der Waals surface area (Å²) in [6.45, 7) is 1.78. The third-order valence-electron chi connectivity index (χ3n) is 2.20. The highest BCUT2D eigenvalue weighted by atomic mass is 32.2. The predicted octanol–water partition coefficient (Wildman–Crippen LogP) is 2.75. The summed E-state index contributed by atoms with van der Waals surface area (Å²) in [7, 11) is 1.59. The second-order valence-electron chi connectivity index (χ2n) is 3.46. The molecule has 0 radical (unpaired) electrons. The number of hydrogen-bond donors (Lipinski definition) is 0. The molecule has 0 saturated heterocycles. The van der Waals surface area contributed by atoms with Gasteiger partial charge < -0.3 is 9.15 Å². The molecule has 1 heterocycles. The average molecular weight is 261 g/mol. The van der Waals surface area contributed by atoms with Gasteiger partial charge in [-0.3, -0.25) is 0 Å². The average Bonchev–Trinajstić information content (AvgIpc) is 2.86. The maximum atomic E-state index is 8.72. The number of hydrogen-bond acceptors (Lipinski definition) is 6. The van der Waals surface area contributed by atoms with E-state index in [0.29, 0.717) is 16.9 Å². The standard InChI is InChI=1S/C12H11N3O2S/c1-8(7-13)18-12-15-14-11(17-12)9-5-3-4-6-10(9)16-2/h3-6,8H,1-2H3.